The number of nitrogens with zero attached hydrogens (tertiary/aromatic N) is 1. The molecule has 1 aromatic heterocycles. The molecular formula is C16H18N2O3S. The highest BCUT2D eigenvalue weighted by molar-refractivity contribution is 7.11. The van der Waals surface area contributed by atoms with Gasteiger partial charge in [-0.25, -0.2) is 9.78 Å². The molecule has 0 saturated heterocycles. The number of rotatable bonds is 5. The molecular weight excluding hydrogens is 300 g/mol. The van der Waals surface area contributed by atoms with E-state index in [1.165, 1.54) is 18.3 Å². The van der Waals surface area contributed by atoms with Gasteiger partial charge in [-0.05, 0) is 26.3 Å². The lowest BCUT2D eigenvalue weighted by Gasteiger charge is -2.26. The average molecular weight is 318 g/mol. The molecule has 6 heteroatoms. The number of hydrogen-bond donors (Lipinski definition) is 2. The summed E-state index contributed by atoms with van der Waals surface area (Å²) >= 11 is 1.52. The third kappa shape index (κ3) is 3.33. The number of hydrogen-bond acceptors (Lipinski definition) is 4. The lowest BCUT2D eigenvalue weighted by Crippen LogP contribution is -2.50. The molecule has 1 aromatic carbocycles. The Balaban J connectivity index is 2.20. The van der Waals surface area contributed by atoms with Crippen LogP contribution in [0.5, 0.6) is 0 Å². The molecule has 2 rings (SSSR count). The minimum absolute atomic E-state index is 0.0753. The highest BCUT2D eigenvalue weighted by atomic mass is 32.1. The molecule has 2 aromatic rings. The summed E-state index contributed by atoms with van der Waals surface area (Å²) in [6, 6.07) is 8.67. The van der Waals surface area contributed by atoms with Gasteiger partial charge in [0.05, 0.1) is 17.1 Å². The molecule has 0 spiro atoms. The highest BCUT2D eigenvalue weighted by Crippen LogP contribution is 2.22. The van der Waals surface area contributed by atoms with Crippen LogP contribution in [0.2, 0.25) is 0 Å². The number of benzene rings is 1. The van der Waals surface area contributed by atoms with Crippen molar-refractivity contribution in [2.45, 2.75) is 32.7 Å². The molecule has 0 aliphatic rings. The van der Waals surface area contributed by atoms with Crippen LogP contribution in [-0.2, 0) is 21.5 Å². The van der Waals surface area contributed by atoms with Gasteiger partial charge in [-0.3, -0.25) is 4.79 Å². The minimum Gasteiger partial charge on any atom is -0.479 e. The van der Waals surface area contributed by atoms with Crippen LogP contribution in [0.1, 0.15) is 28.1 Å². The Kier molecular flexibility index (Phi) is 4.61. The molecule has 0 fully saturated rings. The Labute approximate surface area is 133 Å². The molecule has 22 heavy (non-hydrogen) atoms. The van der Waals surface area contributed by atoms with E-state index in [4.69, 9.17) is 0 Å². The summed E-state index contributed by atoms with van der Waals surface area (Å²) in [6.45, 7) is 5.27. The van der Waals surface area contributed by atoms with Gasteiger partial charge in [0.1, 0.15) is 0 Å². The van der Waals surface area contributed by atoms with Crippen LogP contribution in [0.25, 0.3) is 0 Å². The van der Waals surface area contributed by atoms with E-state index in [1.54, 1.807) is 30.3 Å². The standard InChI is InChI=1S/C16H18N2O3S/c1-10-13(17-11(2)22-10)9-14(19)18-16(3,15(20)21)12-7-5-4-6-8-12/h4-8H,9H2,1-3H3,(H,18,19)(H,20,21). The second kappa shape index (κ2) is 6.27. The summed E-state index contributed by atoms with van der Waals surface area (Å²) in [5.41, 5.74) is -0.236. The third-order valence-electron chi connectivity index (χ3n) is 3.50. The molecule has 0 saturated carbocycles. The summed E-state index contributed by atoms with van der Waals surface area (Å²) in [6.07, 6.45) is 0.0753. The number of aliphatic carboxylic acids is 1. The number of carbonyl (C=O) groups is 2. The molecule has 0 aliphatic carbocycles. The van der Waals surface area contributed by atoms with Crippen LogP contribution < -0.4 is 5.32 Å². The normalized spacial score (nSPS) is 13.4. The van der Waals surface area contributed by atoms with Gasteiger partial charge < -0.3 is 10.4 Å². The van der Waals surface area contributed by atoms with Crippen molar-refractivity contribution in [1.82, 2.24) is 10.3 Å². The van der Waals surface area contributed by atoms with Crippen molar-refractivity contribution in [1.29, 1.82) is 0 Å². The summed E-state index contributed by atoms with van der Waals surface area (Å²) in [7, 11) is 0. The van der Waals surface area contributed by atoms with Crippen molar-refractivity contribution in [3.8, 4) is 0 Å². The van der Waals surface area contributed by atoms with Crippen LogP contribution in [0, 0.1) is 13.8 Å². The van der Waals surface area contributed by atoms with Gasteiger partial charge >= 0.3 is 5.97 Å². The first-order valence-corrected chi connectivity index (χ1v) is 7.67. The summed E-state index contributed by atoms with van der Waals surface area (Å²) in [4.78, 5) is 29.2. The second-order valence-corrected chi connectivity index (χ2v) is 6.66. The molecule has 2 N–H and O–H groups in total. The number of nitrogens with one attached hydrogen (secondary N) is 1. The van der Waals surface area contributed by atoms with Crippen molar-refractivity contribution < 1.29 is 14.7 Å². The topological polar surface area (TPSA) is 79.3 Å². The van der Waals surface area contributed by atoms with Crippen LogP contribution in [0.4, 0.5) is 0 Å². The van der Waals surface area contributed by atoms with Gasteiger partial charge in [-0.1, -0.05) is 30.3 Å². The van der Waals surface area contributed by atoms with E-state index in [-0.39, 0.29) is 12.3 Å². The van der Waals surface area contributed by atoms with Gasteiger partial charge in [0.15, 0.2) is 5.54 Å². The monoisotopic (exact) mass is 318 g/mol. The molecule has 0 bridgehead atoms. The Morgan fingerprint density at radius 3 is 2.41 bits per heavy atom. The van der Waals surface area contributed by atoms with Gasteiger partial charge in [-0.15, -0.1) is 11.3 Å². The first-order chi connectivity index (χ1) is 10.3. The average Bonchev–Trinajstić information content (AvgIpc) is 2.77. The van der Waals surface area contributed by atoms with Crippen molar-refractivity contribution in [2.24, 2.45) is 0 Å². The van der Waals surface area contributed by atoms with Crippen LogP contribution in [-0.4, -0.2) is 22.0 Å². The lowest BCUT2D eigenvalue weighted by atomic mass is 9.92. The maximum absolute atomic E-state index is 12.3. The quantitative estimate of drug-likeness (QED) is 0.887. The van der Waals surface area contributed by atoms with Crippen molar-refractivity contribution >= 4 is 23.2 Å². The smallest absolute Gasteiger partial charge is 0.333 e. The zero-order valence-corrected chi connectivity index (χ0v) is 13.5. The van der Waals surface area contributed by atoms with E-state index in [1.807, 2.05) is 13.8 Å². The highest BCUT2D eigenvalue weighted by Gasteiger charge is 2.36. The molecule has 0 aliphatic heterocycles. The van der Waals surface area contributed by atoms with Crippen molar-refractivity contribution in [3.05, 3.63) is 51.5 Å². The van der Waals surface area contributed by atoms with Gasteiger partial charge in [0.25, 0.3) is 0 Å². The number of amides is 1. The second-order valence-electron chi connectivity index (χ2n) is 5.26. The van der Waals surface area contributed by atoms with E-state index < -0.39 is 11.5 Å². The van der Waals surface area contributed by atoms with E-state index in [2.05, 4.69) is 10.3 Å². The SMILES string of the molecule is Cc1nc(CC(=O)NC(C)(C(=O)O)c2ccccc2)c(C)s1. The molecule has 0 radical (unpaired) electrons. The molecule has 116 valence electrons. The first-order valence-electron chi connectivity index (χ1n) is 6.86. The molecule has 1 amide bonds. The number of aromatic nitrogens is 1. The van der Waals surface area contributed by atoms with Crippen LogP contribution in [0.15, 0.2) is 30.3 Å². The van der Waals surface area contributed by atoms with Crippen molar-refractivity contribution in [3.63, 3.8) is 0 Å². The molecule has 1 atom stereocenters. The Morgan fingerprint density at radius 2 is 1.91 bits per heavy atom. The predicted octanol–water partition coefficient (Wildman–Crippen LogP) is 2.42. The number of aryl methyl sites for hydroxylation is 2. The largest absolute Gasteiger partial charge is 0.479 e. The van der Waals surface area contributed by atoms with Gasteiger partial charge in [0.2, 0.25) is 5.91 Å². The van der Waals surface area contributed by atoms with E-state index in [0.29, 0.717) is 11.3 Å². The maximum atomic E-state index is 12.3. The molecule has 1 heterocycles. The fourth-order valence-electron chi connectivity index (χ4n) is 2.23. The fourth-order valence-corrected chi connectivity index (χ4v) is 3.07. The Hall–Kier alpha value is -2.21. The van der Waals surface area contributed by atoms with E-state index in [9.17, 15) is 14.7 Å². The van der Waals surface area contributed by atoms with Crippen molar-refractivity contribution in [2.75, 3.05) is 0 Å². The number of carboxylic acids is 1. The lowest BCUT2D eigenvalue weighted by molar-refractivity contribution is -0.147. The maximum Gasteiger partial charge on any atom is 0.333 e. The Morgan fingerprint density at radius 1 is 1.27 bits per heavy atom. The number of carboxylic acid groups (broad SMARTS) is 1. The number of thiazole rings is 1. The third-order valence-corrected chi connectivity index (χ3v) is 4.42. The zero-order chi connectivity index (χ0) is 16.3. The molecule has 1 unspecified atom stereocenters. The van der Waals surface area contributed by atoms with E-state index >= 15 is 0 Å². The fraction of sp³-hybridized carbons (Fsp3) is 0.312. The van der Waals surface area contributed by atoms with Gasteiger partial charge in [-0.2, -0.15) is 0 Å². The summed E-state index contributed by atoms with van der Waals surface area (Å²) in [5.74, 6) is -1.46. The van der Waals surface area contributed by atoms with Crippen LogP contribution in [0.3, 0.4) is 0 Å². The van der Waals surface area contributed by atoms with Crippen LogP contribution >= 0.6 is 11.3 Å². The molecule has 5 nitrogen and oxygen atoms in total. The van der Waals surface area contributed by atoms with Gasteiger partial charge in [0, 0.05) is 4.88 Å². The zero-order valence-electron chi connectivity index (χ0n) is 12.7. The van der Waals surface area contributed by atoms with E-state index in [0.717, 1.165) is 9.88 Å². The summed E-state index contributed by atoms with van der Waals surface area (Å²) in [5, 5.41) is 13.0. The number of carbonyl (C=O) groups excluding carboxylic acids is 1. The Bertz CT molecular complexity index is 697. The predicted molar refractivity (Wildman–Crippen MR) is 84.9 cm³/mol. The first kappa shape index (κ1) is 16.2. The minimum atomic E-state index is -1.46. The summed E-state index contributed by atoms with van der Waals surface area (Å²) < 4.78 is 0.